The standard InChI is InChI=1S/C20H21NOS/c22-20(19-10-6-17-23-19,12-7-16-21-14-4-5-15-21)13-11-18-8-2-1-3-9-18/h1-3,6,8-11,13,17,22H,4-5,14-16H2/b13-11+. The first-order valence-electron chi connectivity index (χ1n) is 7.99. The molecule has 0 saturated carbocycles. The summed E-state index contributed by atoms with van der Waals surface area (Å²) in [6, 6.07) is 13.9. The Balaban J connectivity index is 1.80. The summed E-state index contributed by atoms with van der Waals surface area (Å²) in [5.41, 5.74) is -0.159. The molecule has 1 aromatic heterocycles. The highest BCUT2D eigenvalue weighted by molar-refractivity contribution is 7.10. The summed E-state index contributed by atoms with van der Waals surface area (Å²) in [7, 11) is 0. The van der Waals surface area contributed by atoms with Crippen LogP contribution in [0.2, 0.25) is 0 Å². The highest BCUT2D eigenvalue weighted by Crippen LogP contribution is 2.27. The van der Waals surface area contributed by atoms with Gasteiger partial charge in [-0.2, -0.15) is 0 Å². The fourth-order valence-electron chi connectivity index (χ4n) is 2.69. The van der Waals surface area contributed by atoms with E-state index in [0.29, 0.717) is 0 Å². The monoisotopic (exact) mass is 323 g/mol. The molecule has 1 N–H and O–H groups in total. The molecule has 2 heterocycles. The van der Waals surface area contributed by atoms with E-state index in [1.165, 1.54) is 24.2 Å². The molecule has 1 aliphatic rings. The minimum atomic E-state index is -1.22. The van der Waals surface area contributed by atoms with Gasteiger partial charge in [0.1, 0.15) is 0 Å². The lowest BCUT2D eigenvalue weighted by atomic mass is 10.0. The number of aliphatic hydroxyl groups is 1. The molecule has 2 aromatic rings. The van der Waals surface area contributed by atoms with E-state index in [4.69, 9.17) is 0 Å². The van der Waals surface area contributed by atoms with Crippen molar-refractivity contribution in [3.8, 4) is 11.8 Å². The van der Waals surface area contributed by atoms with Crippen LogP contribution in [0, 0.1) is 11.8 Å². The first-order valence-corrected chi connectivity index (χ1v) is 8.87. The quantitative estimate of drug-likeness (QED) is 0.866. The summed E-state index contributed by atoms with van der Waals surface area (Å²) in [6.07, 6.45) is 6.24. The van der Waals surface area contributed by atoms with E-state index < -0.39 is 5.60 Å². The zero-order valence-electron chi connectivity index (χ0n) is 13.1. The number of thiophene rings is 1. The number of hydrogen-bond donors (Lipinski definition) is 1. The van der Waals surface area contributed by atoms with Gasteiger partial charge < -0.3 is 5.11 Å². The lowest BCUT2D eigenvalue weighted by Crippen LogP contribution is -2.22. The van der Waals surface area contributed by atoms with Crippen LogP contribution in [0.1, 0.15) is 23.3 Å². The summed E-state index contributed by atoms with van der Waals surface area (Å²) >= 11 is 1.53. The van der Waals surface area contributed by atoms with Crippen LogP contribution >= 0.6 is 11.3 Å². The van der Waals surface area contributed by atoms with Crippen molar-refractivity contribution in [1.82, 2.24) is 4.90 Å². The lowest BCUT2D eigenvalue weighted by Gasteiger charge is -2.17. The van der Waals surface area contributed by atoms with Gasteiger partial charge in [0.2, 0.25) is 0 Å². The Labute approximate surface area is 142 Å². The number of benzene rings is 1. The van der Waals surface area contributed by atoms with Crippen molar-refractivity contribution in [2.45, 2.75) is 18.4 Å². The maximum atomic E-state index is 11.0. The second-order valence-electron chi connectivity index (χ2n) is 5.77. The van der Waals surface area contributed by atoms with Gasteiger partial charge >= 0.3 is 0 Å². The predicted octanol–water partition coefficient (Wildman–Crippen LogP) is 3.75. The van der Waals surface area contributed by atoms with Crippen LogP contribution in [0.3, 0.4) is 0 Å². The maximum absolute atomic E-state index is 11.0. The second-order valence-corrected chi connectivity index (χ2v) is 6.72. The third-order valence-electron chi connectivity index (χ3n) is 3.99. The van der Waals surface area contributed by atoms with Gasteiger partial charge in [0.25, 0.3) is 0 Å². The van der Waals surface area contributed by atoms with Crippen LogP contribution in [0.4, 0.5) is 0 Å². The molecule has 0 aliphatic carbocycles. The van der Waals surface area contributed by atoms with E-state index >= 15 is 0 Å². The predicted molar refractivity (Wildman–Crippen MR) is 97.1 cm³/mol. The lowest BCUT2D eigenvalue weighted by molar-refractivity contribution is 0.159. The molecule has 0 amide bonds. The Kier molecular flexibility index (Phi) is 5.30. The number of hydrogen-bond acceptors (Lipinski definition) is 3. The summed E-state index contributed by atoms with van der Waals surface area (Å²) in [4.78, 5) is 3.20. The van der Waals surface area contributed by atoms with E-state index in [2.05, 4.69) is 16.7 Å². The zero-order valence-corrected chi connectivity index (χ0v) is 13.9. The normalized spacial score (nSPS) is 17.8. The van der Waals surface area contributed by atoms with Gasteiger partial charge in [-0.1, -0.05) is 54.3 Å². The molecule has 1 unspecified atom stereocenters. The average molecular weight is 323 g/mol. The molecule has 2 nitrogen and oxygen atoms in total. The van der Waals surface area contributed by atoms with Gasteiger partial charge in [0.15, 0.2) is 5.60 Å². The van der Waals surface area contributed by atoms with Crippen molar-refractivity contribution >= 4 is 17.4 Å². The van der Waals surface area contributed by atoms with Gasteiger partial charge in [-0.25, -0.2) is 0 Å². The van der Waals surface area contributed by atoms with Crippen molar-refractivity contribution in [2.75, 3.05) is 19.6 Å². The molecule has 1 fully saturated rings. The average Bonchev–Trinajstić information content (AvgIpc) is 3.28. The minimum Gasteiger partial charge on any atom is -0.369 e. The Morgan fingerprint density at radius 2 is 1.91 bits per heavy atom. The molecule has 1 saturated heterocycles. The van der Waals surface area contributed by atoms with Crippen LogP contribution in [-0.4, -0.2) is 29.6 Å². The van der Waals surface area contributed by atoms with Gasteiger partial charge in [0, 0.05) is 0 Å². The number of nitrogens with zero attached hydrogens (tertiary/aromatic N) is 1. The van der Waals surface area contributed by atoms with Gasteiger partial charge in [-0.05, 0) is 49.0 Å². The van der Waals surface area contributed by atoms with Gasteiger partial charge in [-0.3, -0.25) is 4.90 Å². The molecule has 118 valence electrons. The molecular formula is C20H21NOS. The van der Waals surface area contributed by atoms with Crippen molar-refractivity contribution in [3.05, 3.63) is 64.4 Å². The third kappa shape index (κ3) is 4.33. The third-order valence-corrected chi connectivity index (χ3v) is 4.99. The maximum Gasteiger partial charge on any atom is 0.179 e. The molecule has 0 spiro atoms. The van der Waals surface area contributed by atoms with Crippen LogP contribution in [0.15, 0.2) is 53.9 Å². The first kappa shape index (κ1) is 16.0. The van der Waals surface area contributed by atoms with Crippen molar-refractivity contribution in [1.29, 1.82) is 0 Å². The first-order chi connectivity index (χ1) is 11.3. The molecule has 1 aromatic carbocycles. The molecule has 1 aliphatic heterocycles. The summed E-state index contributed by atoms with van der Waals surface area (Å²) in [5.74, 6) is 6.26. The van der Waals surface area contributed by atoms with E-state index in [0.717, 1.165) is 30.1 Å². The summed E-state index contributed by atoms with van der Waals surface area (Å²) in [6.45, 7) is 2.96. The van der Waals surface area contributed by atoms with Crippen LogP contribution in [0.25, 0.3) is 6.08 Å². The van der Waals surface area contributed by atoms with E-state index in [1.54, 1.807) is 6.08 Å². The van der Waals surface area contributed by atoms with Crippen LogP contribution < -0.4 is 0 Å². The molecular weight excluding hydrogens is 302 g/mol. The minimum absolute atomic E-state index is 0.729. The molecule has 3 rings (SSSR count). The highest BCUT2D eigenvalue weighted by Gasteiger charge is 2.24. The van der Waals surface area contributed by atoms with Crippen LogP contribution in [0.5, 0.6) is 0 Å². The van der Waals surface area contributed by atoms with Crippen molar-refractivity contribution < 1.29 is 5.11 Å². The Morgan fingerprint density at radius 3 is 2.61 bits per heavy atom. The fourth-order valence-corrected chi connectivity index (χ4v) is 3.45. The number of likely N-dealkylation sites (tertiary alicyclic amines) is 1. The summed E-state index contributed by atoms with van der Waals surface area (Å²) < 4.78 is 0. The SMILES string of the molecule is OC(C#CCN1CCCC1)(/C=C/c1ccccc1)c1cccs1. The number of rotatable bonds is 4. The van der Waals surface area contributed by atoms with Crippen LogP contribution in [-0.2, 0) is 5.60 Å². The highest BCUT2D eigenvalue weighted by atomic mass is 32.1. The molecule has 0 bridgehead atoms. The molecule has 0 radical (unpaired) electrons. The van der Waals surface area contributed by atoms with E-state index in [-0.39, 0.29) is 0 Å². The Hall–Kier alpha value is -1.86. The summed E-state index contributed by atoms with van der Waals surface area (Å²) in [5, 5.41) is 13.0. The Morgan fingerprint density at radius 1 is 1.13 bits per heavy atom. The molecule has 3 heteroatoms. The van der Waals surface area contributed by atoms with E-state index in [1.807, 2.05) is 53.9 Å². The van der Waals surface area contributed by atoms with Crippen molar-refractivity contribution in [2.24, 2.45) is 0 Å². The second kappa shape index (κ2) is 7.61. The van der Waals surface area contributed by atoms with Gasteiger partial charge in [-0.15, -0.1) is 11.3 Å². The molecule has 1 atom stereocenters. The smallest absolute Gasteiger partial charge is 0.179 e. The largest absolute Gasteiger partial charge is 0.369 e. The van der Waals surface area contributed by atoms with Crippen molar-refractivity contribution in [3.63, 3.8) is 0 Å². The Bertz CT molecular complexity index is 690. The topological polar surface area (TPSA) is 23.5 Å². The van der Waals surface area contributed by atoms with E-state index in [9.17, 15) is 5.11 Å². The molecule has 23 heavy (non-hydrogen) atoms. The zero-order chi connectivity index (χ0) is 16.0. The van der Waals surface area contributed by atoms with Gasteiger partial charge in [0.05, 0.1) is 11.4 Å². The fraction of sp³-hybridized carbons (Fsp3) is 0.300.